The molecule has 132 valence electrons. The number of nitrogens with zero attached hydrogens (tertiary/aromatic N) is 1. The van der Waals surface area contributed by atoms with Gasteiger partial charge in [0.25, 0.3) is 5.91 Å². The summed E-state index contributed by atoms with van der Waals surface area (Å²) in [6, 6.07) is 8.15. The van der Waals surface area contributed by atoms with Gasteiger partial charge in [0.1, 0.15) is 11.9 Å². The zero-order chi connectivity index (χ0) is 16.9. The molecule has 5 heteroatoms. The Hall–Kier alpha value is -1.59. The minimum atomic E-state index is -0.431. The zero-order valence-electron chi connectivity index (χ0n) is 14.6. The molecule has 3 rings (SSSR count). The molecule has 1 amide bonds. The summed E-state index contributed by atoms with van der Waals surface area (Å²) in [5, 5.41) is 0. The Bertz CT molecular complexity index is 552. The molecule has 2 aliphatic rings. The molecule has 5 nitrogen and oxygen atoms in total. The highest BCUT2D eigenvalue weighted by molar-refractivity contribution is 5.81. The molecule has 1 saturated carbocycles. The Morgan fingerprint density at radius 2 is 2.21 bits per heavy atom. The molecular formula is C19H27NO4. The fourth-order valence-corrected chi connectivity index (χ4v) is 3.10. The lowest BCUT2D eigenvalue weighted by Crippen LogP contribution is -2.43. The largest absolute Gasteiger partial charge is 0.497 e. The van der Waals surface area contributed by atoms with Crippen LogP contribution in [0.25, 0.3) is 0 Å². The van der Waals surface area contributed by atoms with Crippen molar-refractivity contribution in [2.24, 2.45) is 5.92 Å². The summed E-state index contributed by atoms with van der Waals surface area (Å²) >= 11 is 0. The first-order valence-corrected chi connectivity index (χ1v) is 8.80. The zero-order valence-corrected chi connectivity index (χ0v) is 14.6. The molecular weight excluding hydrogens is 306 g/mol. The first-order chi connectivity index (χ1) is 11.7. The van der Waals surface area contributed by atoms with Gasteiger partial charge in [0.05, 0.1) is 20.3 Å². The number of methoxy groups -OCH3 is 1. The maximum absolute atomic E-state index is 12.8. The van der Waals surface area contributed by atoms with Crippen LogP contribution in [0.5, 0.6) is 5.75 Å². The predicted octanol–water partition coefficient (Wildman–Crippen LogP) is 2.63. The lowest BCUT2D eigenvalue weighted by molar-refractivity contribution is -0.144. The van der Waals surface area contributed by atoms with Crippen molar-refractivity contribution in [2.45, 2.75) is 44.9 Å². The van der Waals surface area contributed by atoms with Crippen molar-refractivity contribution >= 4 is 5.91 Å². The Balaban J connectivity index is 1.53. The summed E-state index contributed by atoms with van der Waals surface area (Å²) in [4.78, 5) is 14.8. The first kappa shape index (κ1) is 17.2. The Labute approximate surface area is 143 Å². The number of ether oxygens (including phenoxy) is 3. The molecule has 0 spiro atoms. The van der Waals surface area contributed by atoms with E-state index in [0.29, 0.717) is 18.6 Å². The molecule has 1 heterocycles. The lowest BCUT2D eigenvalue weighted by Gasteiger charge is -2.28. The van der Waals surface area contributed by atoms with Crippen LogP contribution >= 0.6 is 0 Å². The minimum absolute atomic E-state index is 0.104. The van der Waals surface area contributed by atoms with Crippen LogP contribution in [0, 0.1) is 5.92 Å². The summed E-state index contributed by atoms with van der Waals surface area (Å²) in [6.07, 6.45) is 2.85. The van der Waals surface area contributed by atoms with E-state index < -0.39 is 6.10 Å². The fourth-order valence-electron chi connectivity index (χ4n) is 3.10. The molecule has 1 aromatic carbocycles. The van der Waals surface area contributed by atoms with Crippen LogP contribution in [-0.4, -0.2) is 49.8 Å². The van der Waals surface area contributed by atoms with Gasteiger partial charge in [-0.15, -0.1) is 0 Å². The van der Waals surface area contributed by atoms with E-state index in [4.69, 9.17) is 14.2 Å². The monoisotopic (exact) mass is 333 g/mol. The molecule has 0 bridgehead atoms. The van der Waals surface area contributed by atoms with Gasteiger partial charge in [-0.25, -0.2) is 0 Å². The SMILES string of the molecule is COc1cccc(CO[C@H](C)C(=O)N(C[C@H]2CCOC2)C2CC2)c1. The summed E-state index contributed by atoms with van der Waals surface area (Å²) < 4.78 is 16.5. The van der Waals surface area contributed by atoms with Gasteiger partial charge < -0.3 is 19.1 Å². The molecule has 0 aromatic heterocycles. The molecule has 2 fully saturated rings. The molecule has 0 unspecified atom stereocenters. The molecule has 2 atom stereocenters. The highest BCUT2D eigenvalue weighted by Crippen LogP contribution is 2.30. The number of benzene rings is 1. The Morgan fingerprint density at radius 3 is 2.88 bits per heavy atom. The van der Waals surface area contributed by atoms with E-state index in [-0.39, 0.29) is 5.91 Å². The number of hydrogen-bond acceptors (Lipinski definition) is 4. The van der Waals surface area contributed by atoms with E-state index in [0.717, 1.165) is 50.3 Å². The average Bonchev–Trinajstić information content (AvgIpc) is 3.33. The smallest absolute Gasteiger partial charge is 0.251 e. The number of amides is 1. The standard InChI is InChI=1S/C19H27NO4/c1-14(24-13-15-4-3-5-18(10-15)22-2)19(21)20(17-6-7-17)11-16-8-9-23-12-16/h3-5,10,14,16-17H,6-9,11-13H2,1-2H3/t14-,16-/m1/s1. The van der Waals surface area contributed by atoms with Crippen molar-refractivity contribution in [1.82, 2.24) is 4.90 Å². The number of carbonyl (C=O) groups excluding carboxylic acids is 1. The molecule has 1 aromatic rings. The van der Waals surface area contributed by atoms with E-state index >= 15 is 0 Å². The normalized spacial score (nSPS) is 21.5. The van der Waals surface area contributed by atoms with Gasteiger partial charge in [-0.1, -0.05) is 12.1 Å². The van der Waals surface area contributed by atoms with Crippen molar-refractivity contribution in [3.63, 3.8) is 0 Å². The second kappa shape index (κ2) is 7.99. The van der Waals surface area contributed by atoms with Crippen molar-refractivity contribution in [2.75, 3.05) is 26.9 Å². The quantitative estimate of drug-likeness (QED) is 0.734. The van der Waals surface area contributed by atoms with Crippen molar-refractivity contribution in [3.05, 3.63) is 29.8 Å². The number of carbonyl (C=O) groups is 1. The van der Waals surface area contributed by atoms with E-state index in [9.17, 15) is 4.79 Å². The molecule has 1 saturated heterocycles. The average molecular weight is 333 g/mol. The van der Waals surface area contributed by atoms with Crippen molar-refractivity contribution < 1.29 is 19.0 Å². The molecule has 0 radical (unpaired) electrons. The number of hydrogen-bond donors (Lipinski definition) is 0. The first-order valence-electron chi connectivity index (χ1n) is 8.80. The van der Waals surface area contributed by atoms with E-state index in [1.54, 1.807) is 7.11 Å². The fraction of sp³-hybridized carbons (Fsp3) is 0.632. The minimum Gasteiger partial charge on any atom is -0.497 e. The topological polar surface area (TPSA) is 48.0 Å². The summed E-state index contributed by atoms with van der Waals surface area (Å²) in [7, 11) is 1.65. The van der Waals surface area contributed by atoms with E-state index in [1.807, 2.05) is 36.1 Å². The van der Waals surface area contributed by atoms with Gasteiger partial charge in [0, 0.05) is 25.1 Å². The van der Waals surface area contributed by atoms with Gasteiger partial charge in [-0.2, -0.15) is 0 Å². The maximum Gasteiger partial charge on any atom is 0.251 e. The summed E-state index contributed by atoms with van der Waals surface area (Å²) in [5.41, 5.74) is 1.01. The van der Waals surface area contributed by atoms with Gasteiger partial charge >= 0.3 is 0 Å². The van der Waals surface area contributed by atoms with Crippen LogP contribution in [-0.2, 0) is 20.9 Å². The van der Waals surface area contributed by atoms with E-state index in [1.165, 1.54) is 0 Å². The summed E-state index contributed by atoms with van der Waals surface area (Å²) in [6.45, 7) is 4.66. The van der Waals surface area contributed by atoms with Gasteiger partial charge in [-0.05, 0) is 43.9 Å². The van der Waals surface area contributed by atoms with Crippen LogP contribution < -0.4 is 4.74 Å². The van der Waals surface area contributed by atoms with E-state index in [2.05, 4.69) is 0 Å². The predicted molar refractivity (Wildman–Crippen MR) is 90.9 cm³/mol. The highest BCUT2D eigenvalue weighted by Gasteiger charge is 2.36. The molecule has 24 heavy (non-hydrogen) atoms. The highest BCUT2D eigenvalue weighted by atomic mass is 16.5. The van der Waals surface area contributed by atoms with Crippen molar-refractivity contribution in [1.29, 1.82) is 0 Å². The van der Waals surface area contributed by atoms with Crippen LogP contribution in [0.3, 0.4) is 0 Å². The third-order valence-corrected chi connectivity index (χ3v) is 4.73. The molecule has 1 aliphatic carbocycles. The van der Waals surface area contributed by atoms with Crippen LogP contribution in [0.4, 0.5) is 0 Å². The third kappa shape index (κ3) is 4.48. The van der Waals surface area contributed by atoms with Crippen LogP contribution in [0.15, 0.2) is 24.3 Å². The van der Waals surface area contributed by atoms with Crippen LogP contribution in [0.2, 0.25) is 0 Å². The molecule has 0 N–H and O–H groups in total. The second-order valence-electron chi connectivity index (χ2n) is 6.76. The summed E-state index contributed by atoms with van der Waals surface area (Å²) in [5.74, 6) is 1.38. The third-order valence-electron chi connectivity index (χ3n) is 4.73. The second-order valence-corrected chi connectivity index (χ2v) is 6.76. The lowest BCUT2D eigenvalue weighted by atomic mass is 10.1. The van der Waals surface area contributed by atoms with Crippen LogP contribution in [0.1, 0.15) is 31.7 Å². The van der Waals surface area contributed by atoms with Crippen molar-refractivity contribution in [3.8, 4) is 5.75 Å². The maximum atomic E-state index is 12.8. The Kier molecular flexibility index (Phi) is 5.74. The van der Waals surface area contributed by atoms with Gasteiger partial charge in [-0.3, -0.25) is 4.79 Å². The Morgan fingerprint density at radius 1 is 1.38 bits per heavy atom. The van der Waals surface area contributed by atoms with Gasteiger partial charge in [0.2, 0.25) is 0 Å². The molecule has 1 aliphatic heterocycles. The number of rotatable bonds is 8. The van der Waals surface area contributed by atoms with Gasteiger partial charge in [0.15, 0.2) is 0 Å².